The maximum Gasteiger partial charge on any atom is 0.228 e. The van der Waals surface area contributed by atoms with Crippen LogP contribution in [0.4, 0.5) is 5.69 Å². The van der Waals surface area contributed by atoms with E-state index in [1.165, 1.54) is 0 Å². The van der Waals surface area contributed by atoms with Crippen LogP contribution in [0.2, 0.25) is 0 Å². The highest BCUT2D eigenvalue weighted by molar-refractivity contribution is 5.92. The Morgan fingerprint density at radius 2 is 1.90 bits per heavy atom. The third-order valence-corrected chi connectivity index (χ3v) is 5.05. The smallest absolute Gasteiger partial charge is 0.228 e. The van der Waals surface area contributed by atoms with Crippen molar-refractivity contribution in [2.75, 3.05) is 11.9 Å². The van der Waals surface area contributed by atoms with E-state index in [2.05, 4.69) is 15.5 Å². The summed E-state index contributed by atoms with van der Waals surface area (Å²) in [5, 5.41) is 11.7. The maximum atomic E-state index is 12.7. The normalized spacial score (nSPS) is 10.8. The van der Waals surface area contributed by atoms with Gasteiger partial charge in [-0.15, -0.1) is 0 Å². The summed E-state index contributed by atoms with van der Waals surface area (Å²) >= 11 is 0. The van der Waals surface area contributed by atoms with E-state index in [1.54, 1.807) is 6.20 Å². The van der Waals surface area contributed by atoms with Gasteiger partial charge in [-0.2, -0.15) is 10.2 Å². The SMILES string of the molecule is Cc1nn(-c2ccccc2)c(C)c1CC(=O)Nc1cccc(OCCn2cccn2)c1. The number of nitrogens with one attached hydrogen (secondary N) is 1. The molecule has 2 aromatic carbocycles. The van der Waals surface area contributed by atoms with E-state index < -0.39 is 0 Å². The molecular weight excluding hydrogens is 390 g/mol. The lowest BCUT2D eigenvalue weighted by molar-refractivity contribution is -0.115. The molecule has 158 valence electrons. The fraction of sp³-hybridized carbons (Fsp3) is 0.208. The lowest BCUT2D eigenvalue weighted by Crippen LogP contribution is -2.15. The Morgan fingerprint density at radius 1 is 1.06 bits per heavy atom. The van der Waals surface area contributed by atoms with Crippen LogP contribution in [0.25, 0.3) is 5.69 Å². The van der Waals surface area contributed by atoms with Gasteiger partial charge in [0.15, 0.2) is 0 Å². The number of rotatable bonds is 8. The molecule has 0 fully saturated rings. The van der Waals surface area contributed by atoms with Crippen molar-refractivity contribution in [2.24, 2.45) is 0 Å². The molecule has 1 amide bonds. The molecule has 0 radical (unpaired) electrons. The number of amides is 1. The van der Waals surface area contributed by atoms with Gasteiger partial charge in [-0.3, -0.25) is 9.48 Å². The van der Waals surface area contributed by atoms with E-state index in [-0.39, 0.29) is 12.3 Å². The maximum absolute atomic E-state index is 12.7. The van der Waals surface area contributed by atoms with Gasteiger partial charge in [0.25, 0.3) is 0 Å². The molecule has 0 aliphatic carbocycles. The number of anilines is 1. The van der Waals surface area contributed by atoms with Gasteiger partial charge in [-0.25, -0.2) is 4.68 Å². The molecule has 2 heterocycles. The number of hydrogen-bond acceptors (Lipinski definition) is 4. The predicted molar refractivity (Wildman–Crippen MR) is 120 cm³/mol. The topological polar surface area (TPSA) is 74.0 Å². The van der Waals surface area contributed by atoms with Crippen LogP contribution in [0, 0.1) is 13.8 Å². The fourth-order valence-electron chi connectivity index (χ4n) is 3.47. The molecule has 31 heavy (non-hydrogen) atoms. The van der Waals surface area contributed by atoms with Gasteiger partial charge < -0.3 is 10.1 Å². The summed E-state index contributed by atoms with van der Waals surface area (Å²) in [4.78, 5) is 12.7. The molecule has 0 spiro atoms. The quantitative estimate of drug-likeness (QED) is 0.473. The van der Waals surface area contributed by atoms with Gasteiger partial charge in [-0.05, 0) is 44.2 Å². The second-order valence-corrected chi connectivity index (χ2v) is 7.27. The molecule has 0 unspecified atom stereocenters. The van der Waals surface area contributed by atoms with E-state index in [1.807, 2.05) is 90.1 Å². The third kappa shape index (κ3) is 5.01. The molecular formula is C24H25N5O2. The van der Waals surface area contributed by atoms with Crippen LogP contribution in [0.15, 0.2) is 73.1 Å². The highest BCUT2D eigenvalue weighted by Crippen LogP contribution is 2.21. The average Bonchev–Trinajstić information content (AvgIpc) is 3.38. The first-order valence-electron chi connectivity index (χ1n) is 10.2. The zero-order chi connectivity index (χ0) is 21.6. The molecule has 7 nitrogen and oxygen atoms in total. The van der Waals surface area contributed by atoms with Crippen LogP contribution in [0.1, 0.15) is 17.0 Å². The molecule has 0 aliphatic rings. The average molecular weight is 415 g/mol. The number of para-hydroxylation sites is 1. The summed E-state index contributed by atoms with van der Waals surface area (Å²) in [7, 11) is 0. The zero-order valence-electron chi connectivity index (χ0n) is 17.7. The van der Waals surface area contributed by atoms with Crippen molar-refractivity contribution in [2.45, 2.75) is 26.8 Å². The number of ether oxygens (including phenoxy) is 1. The van der Waals surface area contributed by atoms with Crippen molar-refractivity contribution >= 4 is 11.6 Å². The minimum Gasteiger partial charge on any atom is -0.492 e. The van der Waals surface area contributed by atoms with Gasteiger partial charge in [0.2, 0.25) is 5.91 Å². The van der Waals surface area contributed by atoms with E-state index in [0.717, 1.165) is 22.6 Å². The summed E-state index contributed by atoms with van der Waals surface area (Å²) in [6.45, 7) is 5.08. The van der Waals surface area contributed by atoms with Crippen molar-refractivity contribution in [3.8, 4) is 11.4 Å². The van der Waals surface area contributed by atoms with Crippen LogP contribution < -0.4 is 10.1 Å². The summed E-state index contributed by atoms with van der Waals surface area (Å²) in [5.74, 6) is 0.613. The summed E-state index contributed by atoms with van der Waals surface area (Å²) < 4.78 is 9.48. The fourth-order valence-corrected chi connectivity index (χ4v) is 3.47. The van der Waals surface area contributed by atoms with Gasteiger partial charge in [0, 0.05) is 35.4 Å². The van der Waals surface area contributed by atoms with E-state index in [9.17, 15) is 4.79 Å². The second kappa shape index (κ2) is 9.30. The summed E-state index contributed by atoms with van der Waals surface area (Å²) in [6, 6.07) is 19.2. The predicted octanol–water partition coefficient (Wildman–Crippen LogP) is 3.95. The second-order valence-electron chi connectivity index (χ2n) is 7.27. The number of hydrogen-bond donors (Lipinski definition) is 1. The molecule has 0 bridgehead atoms. The Morgan fingerprint density at radius 3 is 2.68 bits per heavy atom. The van der Waals surface area contributed by atoms with Crippen molar-refractivity contribution in [1.82, 2.24) is 19.6 Å². The monoisotopic (exact) mass is 415 g/mol. The first-order valence-corrected chi connectivity index (χ1v) is 10.2. The van der Waals surface area contributed by atoms with Crippen LogP contribution in [-0.2, 0) is 17.8 Å². The van der Waals surface area contributed by atoms with Crippen molar-refractivity contribution in [1.29, 1.82) is 0 Å². The Bertz CT molecular complexity index is 1150. The highest BCUT2D eigenvalue weighted by atomic mass is 16.5. The van der Waals surface area contributed by atoms with Crippen molar-refractivity contribution in [3.05, 3.63) is 90.0 Å². The molecule has 0 saturated heterocycles. The summed E-state index contributed by atoms with van der Waals surface area (Å²) in [6.07, 6.45) is 3.89. The van der Waals surface area contributed by atoms with Crippen LogP contribution in [-0.4, -0.2) is 32.1 Å². The lowest BCUT2D eigenvalue weighted by Gasteiger charge is -2.10. The van der Waals surface area contributed by atoms with Gasteiger partial charge in [0.05, 0.1) is 24.3 Å². The van der Waals surface area contributed by atoms with E-state index >= 15 is 0 Å². The van der Waals surface area contributed by atoms with Crippen LogP contribution in [0.5, 0.6) is 5.75 Å². The van der Waals surface area contributed by atoms with Crippen LogP contribution in [0.3, 0.4) is 0 Å². The standard InChI is InChI=1S/C24H25N5O2/c1-18-23(19(2)29(27-18)21-9-4-3-5-10-21)17-24(30)26-20-8-6-11-22(16-20)31-15-14-28-13-7-12-25-28/h3-13,16H,14-15,17H2,1-2H3,(H,26,30). The molecule has 0 aliphatic heterocycles. The number of nitrogens with zero attached hydrogens (tertiary/aromatic N) is 4. The molecule has 2 aromatic heterocycles. The third-order valence-electron chi connectivity index (χ3n) is 5.05. The lowest BCUT2D eigenvalue weighted by atomic mass is 10.1. The van der Waals surface area contributed by atoms with Crippen molar-refractivity contribution in [3.63, 3.8) is 0 Å². The first kappa shape index (κ1) is 20.4. The Hall–Kier alpha value is -3.87. The van der Waals surface area contributed by atoms with Gasteiger partial charge in [0.1, 0.15) is 12.4 Å². The molecule has 0 atom stereocenters. The molecule has 7 heteroatoms. The van der Waals surface area contributed by atoms with Gasteiger partial charge >= 0.3 is 0 Å². The number of carbonyl (C=O) groups excluding carboxylic acids is 1. The van der Waals surface area contributed by atoms with E-state index in [0.29, 0.717) is 24.6 Å². The molecule has 4 rings (SSSR count). The van der Waals surface area contributed by atoms with Crippen LogP contribution >= 0.6 is 0 Å². The zero-order valence-corrected chi connectivity index (χ0v) is 17.7. The molecule has 0 saturated carbocycles. The molecule has 4 aromatic rings. The van der Waals surface area contributed by atoms with Gasteiger partial charge in [-0.1, -0.05) is 24.3 Å². The number of carbonyl (C=O) groups is 1. The largest absolute Gasteiger partial charge is 0.492 e. The van der Waals surface area contributed by atoms with E-state index in [4.69, 9.17) is 4.74 Å². The Kier molecular flexibility index (Phi) is 6.12. The Balaban J connectivity index is 1.38. The number of aromatic nitrogens is 4. The Labute approximate surface area is 181 Å². The summed E-state index contributed by atoms with van der Waals surface area (Å²) in [5.41, 5.74) is 4.44. The minimum atomic E-state index is -0.0903. The molecule has 1 N–H and O–H groups in total. The highest BCUT2D eigenvalue weighted by Gasteiger charge is 2.16. The minimum absolute atomic E-state index is 0.0903. The van der Waals surface area contributed by atoms with Crippen molar-refractivity contribution < 1.29 is 9.53 Å². The first-order chi connectivity index (χ1) is 15.1. The number of benzene rings is 2. The number of aryl methyl sites for hydroxylation is 1.